The zero-order valence-electron chi connectivity index (χ0n) is 17.7. The predicted octanol–water partition coefficient (Wildman–Crippen LogP) is 2.19. The lowest BCUT2D eigenvalue weighted by atomic mass is 10.1. The fraction of sp³-hybridized carbons (Fsp3) is 0.429. The molecule has 0 atom stereocenters. The highest BCUT2D eigenvalue weighted by Crippen LogP contribution is 2.24. The number of rotatable bonds is 6. The van der Waals surface area contributed by atoms with E-state index in [4.69, 9.17) is 9.47 Å². The van der Waals surface area contributed by atoms with E-state index in [1.54, 1.807) is 42.2 Å². The van der Waals surface area contributed by atoms with Crippen LogP contribution in [0, 0.1) is 13.8 Å². The maximum atomic E-state index is 12.9. The number of hydrogen-bond acceptors (Lipinski definition) is 7. The Morgan fingerprint density at radius 3 is 1.97 bits per heavy atom. The smallest absolute Gasteiger partial charge is 0.254 e. The topological polar surface area (TPSA) is 84.9 Å². The zero-order valence-corrected chi connectivity index (χ0v) is 18.5. The summed E-state index contributed by atoms with van der Waals surface area (Å²) in [6.07, 6.45) is 0. The van der Waals surface area contributed by atoms with Crippen LogP contribution in [-0.2, 0) is 4.79 Å². The number of aryl methyl sites for hydroxylation is 2. The molecular formula is C21H26N4O4S. The predicted molar refractivity (Wildman–Crippen MR) is 114 cm³/mol. The second kappa shape index (κ2) is 9.80. The first-order valence-corrected chi connectivity index (χ1v) is 10.6. The first-order valence-electron chi connectivity index (χ1n) is 9.65. The van der Waals surface area contributed by atoms with Crippen molar-refractivity contribution in [3.63, 3.8) is 0 Å². The minimum absolute atomic E-state index is 0.0258. The summed E-state index contributed by atoms with van der Waals surface area (Å²) in [4.78, 5) is 37.7. The largest absolute Gasteiger partial charge is 0.497 e. The van der Waals surface area contributed by atoms with Crippen molar-refractivity contribution in [2.24, 2.45) is 0 Å². The van der Waals surface area contributed by atoms with Gasteiger partial charge < -0.3 is 19.3 Å². The highest BCUT2D eigenvalue weighted by atomic mass is 32.2. The average Bonchev–Trinajstić information content (AvgIpc) is 2.76. The third-order valence-electron chi connectivity index (χ3n) is 4.80. The highest BCUT2D eigenvalue weighted by Gasteiger charge is 2.25. The summed E-state index contributed by atoms with van der Waals surface area (Å²) in [5, 5.41) is 0.613. The normalized spacial score (nSPS) is 13.9. The van der Waals surface area contributed by atoms with Crippen LogP contribution in [-0.4, -0.2) is 77.7 Å². The zero-order chi connectivity index (χ0) is 21.7. The van der Waals surface area contributed by atoms with Gasteiger partial charge in [-0.1, -0.05) is 11.8 Å². The maximum Gasteiger partial charge on any atom is 0.254 e. The Kier molecular flexibility index (Phi) is 7.15. The Labute approximate surface area is 180 Å². The van der Waals surface area contributed by atoms with Gasteiger partial charge in [-0.25, -0.2) is 9.97 Å². The number of hydrogen-bond donors (Lipinski definition) is 0. The summed E-state index contributed by atoms with van der Waals surface area (Å²) in [7, 11) is 3.10. The van der Waals surface area contributed by atoms with Crippen LogP contribution in [0.5, 0.6) is 11.5 Å². The van der Waals surface area contributed by atoms with Gasteiger partial charge in [-0.2, -0.15) is 0 Å². The van der Waals surface area contributed by atoms with Gasteiger partial charge in [0.05, 0.1) is 20.0 Å². The van der Waals surface area contributed by atoms with Crippen molar-refractivity contribution < 1.29 is 19.1 Å². The third-order valence-corrected chi connectivity index (χ3v) is 5.64. The van der Waals surface area contributed by atoms with Crippen LogP contribution in [0.3, 0.4) is 0 Å². The van der Waals surface area contributed by atoms with Gasteiger partial charge >= 0.3 is 0 Å². The summed E-state index contributed by atoms with van der Waals surface area (Å²) in [6, 6.07) is 7.02. The van der Waals surface area contributed by atoms with E-state index in [0.29, 0.717) is 48.4 Å². The summed E-state index contributed by atoms with van der Waals surface area (Å²) >= 11 is 1.34. The average molecular weight is 431 g/mol. The van der Waals surface area contributed by atoms with Gasteiger partial charge in [-0.15, -0.1) is 0 Å². The Morgan fingerprint density at radius 1 is 0.900 bits per heavy atom. The fourth-order valence-corrected chi connectivity index (χ4v) is 4.10. The number of ether oxygens (including phenoxy) is 2. The van der Waals surface area contributed by atoms with Crippen molar-refractivity contribution in [3.8, 4) is 11.5 Å². The lowest BCUT2D eigenvalue weighted by molar-refractivity contribution is -0.129. The number of piperazine rings is 1. The van der Waals surface area contributed by atoms with Gasteiger partial charge in [-0.05, 0) is 32.0 Å². The van der Waals surface area contributed by atoms with E-state index in [1.165, 1.54) is 11.8 Å². The second-order valence-electron chi connectivity index (χ2n) is 7.00. The molecule has 30 heavy (non-hydrogen) atoms. The Morgan fingerprint density at radius 2 is 1.43 bits per heavy atom. The Balaban J connectivity index is 1.55. The van der Waals surface area contributed by atoms with E-state index in [1.807, 2.05) is 19.9 Å². The van der Waals surface area contributed by atoms with E-state index in [-0.39, 0.29) is 17.6 Å². The van der Waals surface area contributed by atoms with E-state index >= 15 is 0 Å². The van der Waals surface area contributed by atoms with Crippen molar-refractivity contribution >= 4 is 23.6 Å². The molecule has 0 N–H and O–H groups in total. The quantitative estimate of drug-likeness (QED) is 0.513. The number of amides is 2. The fourth-order valence-electron chi connectivity index (χ4n) is 3.25. The van der Waals surface area contributed by atoms with Crippen molar-refractivity contribution in [1.82, 2.24) is 19.8 Å². The summed E-state index contributed by atoms with van der Waals surface area (Å²) in [6.45, 7) is 5.78. The molecule has 1 aliphatic rings. The highest BCUT2D eigenvalue weighted by molar-refractivity contribution is 7.99. The minimum Gasteiger partial charge on any atom is -0.497 e. The molecule has 160 valence electrons. The van der Waals surface area contributed by atoms with Crippen LogP contribution < -0.4 is 9.47 Å². The van der Waals surface area contributed by atoms with Crippen LogP contribution in [0.2, 0.25) is 0 Å². The Bertz CT molecular complexity index is 887. The molecule has 8 nitrogen and oxygen atoms in total. The summed E-state index contributed by atoms with van der Waals surface area (Å²) in [5.41, 5.74) is 2.28. The van der Waals surface area contributed by atoms with Crippen molar-refractivity contribution in [1.29, 1.82) is 0 Å². The number of methoxy groups -OCH3 is 2. The van der Waals surface area contributed by atoms with Crippen LogP contribution >= 0.6 is 11.8 Å². The van der Waals surface area contributed by atoms with Crippen LogP contribution in [0.1, 0.15) is 21.7 Å². The molecule has 2 heterocycles. The number of benzene rings is 1. The lowest BCUT2D eigenvalue weighted by Crippen LogP contribution is -2.51. The maximum absolute atomic E-state index is 12.9. The van der Waals surface area contributed by atoms with Gasteiger partial charge in [0.2, 0.25) is 5.91 Å². The number of thioether (sulfide) groups is 1. The number of nitrogens with zero attached hydrogens (tertiary/aromatic N) is 4. The molecule has 1 fully saturated rings. The Hall–Kier alpha value is -2.81. The molecule has 1 aromatic heterocycles. The molecule has 0 saturated carbocycles. The minimum atomic E-state index is -0.0997. The molecule has 0 unspecified atom stereocenters. The van der Waals surface area contributed by atoms with Crippen LogP contribution in [0.4, 0.5) is 0 Å². The molecule has 3 rings (SSSR count). The molecule has 0 radical (unpaired) electrons. The van der Waals surface area contributed by atoms with Crippen molar-refractivity contribution in [2.75, 3.05) is 46.2 Å². The van der Waals surface area contributed by atoms with Gasteiger partial charge in [0, 0.05) is 49.2 Å². The van der Waals surface area contributed by atoms with E-state index in [9.17, 15) is 9.59 Å². The molecule has 1 aromatic carbocycles. The molecule has 0 spiro atoms. The van der Waals surface area contributed by atoms with Crippen LogP contribution in [0.25, 0.3) is 0 Å². The molecule has 9 heteroatoms. The number of carbonyl (C=O) groups excluding carboxylic acids is 2. The van der Waals surface area contributed by atoms with Gasteiger partial charge in [-0.3, -0.25) is 9.59 Å². The van der Waals surface area contributed by atoms with Gasteiger partial charge in [0.15, 0.2) is 5.16 Å². The molecule has 0 bridgehead atoms. The molecule has 1 aliphatic heterocycles. The van der Waals surface area contributed by atoms with Crippen molar-refractivity contribution in [2.45, 2.75) is 19.0 Å². The van der Waals surface area contributed by atoms with E-state index < -0.39 is 0 Å². The molecule has 2 aromatic rings. The SMILES string of the molecule is COc1cc(OC)cc(C(=O)N2CCN(C(=O)CSc3nc(C)cc(C)n3)CC2)c1. The molecular weight excluding hydrogens is 404 g/mol. The first-order chi connectivity index (χ1) is 14.4. The van der Waals surface area contributed by atoms with Crippen LogP contribution in [0.15, 0.2) is 29.4 Å². The lowest BCUT2D eigenvalue weighted by Gasteiger charge is -2.34. The van der Waals surface area contributed by atoms with Gasteiger partial charge in [0.25, 0.3) is 5.91 Å². The molecule has 1 saturated heterocycles. The van der Waals surface area contributed by atoms with Crippen molar-refractivity contribution in [3.05, 3.63) is 41.2 Å². The summed E-state index contributed by atoms with van der Waals surface area (Å²) < 4.78 is 10.5. The third kappa shape index (κ3) is 5.41. The van der Waals surface area contributed by atoms with Gasteiger partial charge in [0.1, 0.15) is 11.5 Å². The summed E-state index contributed by atoms with van der Waals surface area (Å²) in [5.74, 6) is 1.34. The second-order valence-corrected chi connectivity index (χ2v) is 7.94. The number of aromatic nitrogens is 2. The monoisotopic (exact) mass is 430 g/mol. The number of carbonyl (C=O) groups is 2. The molecule has 0 aliphatic carbocycles. The van der Waals surface area contributed by atoms with E-state index in [2.05, 4.69) is 9.97 Å². The van der Waals surface area contributed by atoms with E-state index in [0.717, 1.165) is 11.4 Å². The first kappa shape index (κ1) is 21.9. The molecule has 2 amide bonds. The standard InChI is InChI=1S/C21H26N4O4S/c1-14-9-15(2)23-21(22-14)30-13-19(26)24-5-7-25(8-6-24)20(27)16-10-17(28-3)12-18(11-16)29-4/h9-12H,5-8,13H2,1-4H3.